The van der Waals surface area contributed by atoms with E-state index in [2.05, 4.69) is 11.9 Å². The summed E-state index contributed by atoms with van der Waals surface area (Å²) in [6.07, 6.45) is 4.04. The van der Waals surface area contributed by atoms with Gasteiger partial charge in [-0.3, -0.25) is 0 Å². The molecule has 0 saturated carbocycles. The number of hydrogen-bond acceptors (Lipinski definition) is 3. The third-order valence-electron chi connectivity index (χ3n) is 2.37. The van der Waals surface area contributed by atoms with E-state index in [0.717, 1.165) is 31.5 Å². The van der Waals surface area contributed by atoms with Crippen LogP contribution in [0, 0.1) is 0 Å². The fraction of sp³-hybridized carbons (Fsp3) is 0.333. The number of allylic oxidation sites excluding steroid dienone is 1. The van der Waals surface area contributed by atoms with Crippen LogP contribution in [0.4, 0.5) is 0 Å². The molecule has 0 unspecified atom stereocenters. The first kappa shape index (κ1) is 13.0. The minimum absolute atomic E-state index is 0.524. The molecule has 0 aliphatic rings. The molecule has 0 aliphatic heterocycles. The lowest BCUT2D eigenvalue weighted by molar-refractivity contribution is 0.426. The van der Waals surface area contributed by atoms with Gasteiger partial charge in [-0.1, -0.05) is 30.3 Å². The second kappa shape index (κ2) is 7.22. The van der Waals surface area contributed by atoms with Crippen LogP contribution in [0.5, 0.6) is 0 Å². The van der Waals surface area contributed by atoms with Crippen molar-refractivity contribution in [2.75, 3.05) is 6.54 Å². The molecule has 86 valence electrons. The van der Waals surface area contributed by atoms with Crippen LogP contribution in [0.25, 0.3) is 0 Å². The van der Waals surface area contributed by atoms with Crippen LogP contribution in [-0.2, 0) is 6.54 Å². The SMILES string of the molecule is C=CCCCNCc1ccc(B(O)O)cc1. The standard InChI is InChI=1S/C12H18BNO2/c1-2-3-4-9-14-10-11-5-7-12(8-6-11)13(15)16/h2,5-8,14-16H,1,3-4,9-10H2. The van der Waals surface area contributed by atoms with Gasteiger partial charge in [0.1, 0.15) is 0 Å². The summed E-state index contributed by atoms with van der Waals surface area (Å²) < 4.78 is 0. The van der Waals surface area contributed by atoms with E-state index in [-0.39, 0.29) is 0 Å². The molecule has 1 aromatic rings. The highest BCUT2D eigenvalue weighted by atomic mass is 16.4. The summed E-state index contributed by atoms with van der Waals surface area (Å²) in [4.78, 5) is 0. The Morgan fingerprint density at radius 2 is 1.94 bits per heavy atom. The molecule has 3 nitrogen and oxygen atoms in total. The van der Waals surface area contributed by atoms with Crippen molar-refractivity contribution in [1.29, 1.82) is 0 Å². The van der Waals surface area contributed by atoms with Crippen LogP contribution >= 0.6 is 0 Å². The fourth-order valence-electron chi connectivity index (χ4n) is 1.41. The van der Waals surface area contributed by atoms with E-state index in [4.69, 9.17) is 10.0 Å². The van der Waals surface area contributed by atoms with E-state index in [1.165, 1.54) is 0 Å². The first-order valence-corrected chi connectivity index (χ1v) is 5.50. The van der Waals surface area contributed by atoms with Crippen LogP contribution in [0.2, 0.25) is 0 Å². The Morgan fingerprint density at radius 1 is 1.25 bits per heavy atom. The van der Waals surface area contributed by atoms with E-state index in [0.29, 0.717) is 5.46 Å². The second-order valence-corrected chi connectivity index (χ2v) is 3.72. The number of nitrogens with one attached hydrogen (secondary N) is 1. The normalized spacial score (nSPS) is 10.1. The zero-order chi connectivity index (χ0) is 11.8. The Morgan fingerprint density at radius 3 is 2.50 bits per heavy atom. The molecule has 0 heterocycles. The monoisotopic (exact) mass is 219 g/mol. The molecule has 0 aromatic heterocycles. The molecule has 0 aliphatic carbocycles. The molecule has 1 aromatic carbocycles. The summed E-state index contributed by atoms with van der Waals surface area (Å²) in [6.45, 7) is 5.44. The summed E-state index contributed by atoms with van der Waals surface area (Å²) in [5.41, 5.74) is 1.67. The molecule has 16 heavy (non-hydrogen) atoms. The van der Waals surface area contributed by atoms with Gasteiger partial charge in [0.15, 0.2) is 0 Å². The summed E-state index contributed by atoms with van der Waals surface area (Å²) >= 11 is 0. The van der Waals surface area contributed by atoms with Crippen molar-refractivity contribution < 1.29 is 10.0 Å². The average molecular weight is 219 g/mol. The van der Waals surface area contributed by atoms with E-state index in [1.54, 1.807) is 12.1 Å². The summed E-state index contributed by atoms with van der Waals surface area (Å²) in [5, 5.41) is 21.1. The van der Waals surface area contributed by atoms with Crippen LogP contribution < -0.4 is 10.8 Å². The minimum Gasteiger partial charge on any atom is -0.423 e. The van der Waals surface area contributed by atoms with Crippen molar-refractivity contribution >= 4 is 12.6 Å². The number of benzene rings is 1. The topological polar surface area (TPSA) is 52.5 Å². The van der Waals surface area contributed by atoms with Gasteiger partial charge in [-0.2, -0.15) is 0 Å². The highest BCUT2D eigenvalue weighted by Crippen LogP contribution is 1.97. The van der Waals surface area contributed by atoms with E-state index < -0.39 is 7.12 Å². The number of unbranched alkanes of at least 4 members (excludes halogenated alkanes) is 1. The van der Waals surface area contributed by atoms with Crippen molar-refractivity contribution in [3.05, 3.63) is 42.5 Å². The largest absolute Gasteiger partial charge is 0.488 e. The molecule has 0 saturated heterocycles. The number of rotatable bonds is 7. The van der Waals surface area contributed by atoms with Gasteiger partial charge >= 0.3 is 7.12 Å². The minimum atomic E-state index is -1.38. The van der Waals surface area contributed by atoms with Crippen molar-refractivity contribution in [2.24, 2.45) is 0 Å². The molecule has 0 amide bonds. The quantitative estimate of drug-likeness (QED) is 0.354. The maximum atomic E-state index is 8.92. The highest BCUT2D eigenvalue weighted by molar-refractivity contribution is 6.58. The molecule has 3 N–H and O–H groups in total. The second-order valence-electron chi connectivity index (χ2n) is 3.72. The van der Waals surface area contributed by atoms with Crippen LogP contribution in [-0.4, -0.2) is 23.7 Å². The average Bonchev–Trinajstić information content (AvgIpc) is 2.29. The maximum absolute atomic E-state index is 8.92. The predicted octanol–water partition coefficient (Wildman–Crippen LogP) is 0.422. The molecular formula is C12H18BNO2. The van der Waals surface area contributed by atoms with Crippen molar-refractivity contribution in [1.82, 2.24) is 5.32 Å². The predicted molar refractivity (Wildman–Crippen MR) is 67.4 cm³/mol. The smallest absolute Gasteiger partial charge is 0.423 e. The Bertz CT molecular complexity index is 311. The van der Waals surface area contributed by atoms with Crippen LogP contribution in [0.3, 0.4) is 0 Å². The van der Waals surface area contributed by atoms with Gasteiger partial charge in [-0.15, -0.1) is 6.58 Å². The van der Waals surface area contributed by atoms with Gasteiger partial charge < -0.3 is 15.4 Å². The van der Waals surface area contributed by atoms with E-state index in [1.807, 2.05) is 18.2 Å². The van der Waals surface area contributed by atoms with Crippen molar-refractivity contribution in [3.8, 4) is 0 Å². The third kappa shape index (κ3) is 4.62. The Labute approximate surface area is 97.0 Å². The van der Waals surface area contributed by atoms with E-state index in [9.17, 15) is 0 Å². The van der Waals surface area contributed by atoms with Gasteiger partial charge in [-0.25, -0.2) is 0 Å². The first-order chi connectivity index (χ1) is 7.74. The fourth-order valence-corrected chi connectivity index (χ4v) is 1.41. The summed E-state index contributed by atoms with van der Waals surface area (Å²) in [7, 11) is -1.38. The van der Waals surface area contributed by atoms with Crippen molar-refractivity contribution in [2.45, 2.75) is 19.4 Å². The van der Waals surface area contributed by atoms with Gasteiger partial charge in [0.25, 0.3) is 0 Å². The van der Waals surface area contributed by atoms with Crippen molar-refractivity contribution in [3.63, 3.8) is 0 Å². The number of hydrogen-bond donors (Lipinski definition) is 3. The molecule has 0 radical (unpaired) electrons. The molecular weight excluding hydrogens is 201 g/mol. The first-order valence-electron chi connectivity index (χ1n) is 5.50. The Kier molecular flexibility index (Phi) is 5.86. The summed E-state index contributed by atoms with van der Waals surface area (Å²) in [5.74, 6) is 0. The van der Waals surface area contributed by atoms with Gasteiger partial charge in [0.2, 0.25) is 0 Å². The Balaban J connectivity index is 2.29. The molecule has 0 bridgehead atoms. The zero-order valence-corrected chi connectivity index (χ0v) is 9.39. The lowest BCUT2D eigenvalue weighted by atomic mass is 9.80. The van der Waals surface area contributed by atoms with Crippen LogP contribution in [0.1, 0.15) is 18.4 Å². The molecule has 4 heteroatoms. The maximum Gasteiger partial charge on any atom is 0.488 e. The zero-order valence-electron chi connectivity index (χ0n) is 9.39. The lowest BCUT2D eigenvalue weighted by Gasteiger charge is -2.05. The third-order valence-corrected chi connectivity index (χ3v) is 2.37. The van der Waals surface area contributed by atoms with Gasteiger partial charge in [0.05, 0.1) is 0 Å². The van der Waals surface area contributed by atoms with Crippen LogP contribution in [0.15, 0.2) is 36.9 Å². The van der Waals surface area contributed by atoms with Gasteiger partial charge in [-0.05, 0) is 30.4 Å². The molecule has 1 rings (SSSR count). The highest BCUT2D eigenvalue weighted by Gasteiger charge is 2.09. The van der Waals surface area contributed by atoms with Gasteiger partial charge in [0, 0.05) is 6.54 Å². The molecule has 0 fully saturated rings. The Hall–Kier alpha value is -1.10. The molecule has 0 spiro atoms. The molecule has 0 atom stereocenters. The summed E-state index contributed by atoms with van der Waals surface area (Å²) in [6, 6.07) is 7.25. The lowest BCUT2D eigenvalue weighted by Crippen LogP contribution is -2.29. The van der Waals surface area contributed by atoms with E-state index >= 15 is 0 Å².